The maximum absolute atomic E-state index is 11.5. The fraction of sp³-hybridized carbons (Fsp3) is 0.889. The first-order valence-electron chi connectivity index (χ1n) is 4.63. The molecule has 13 heavy (non-hydrogen) atoms. The Hall–Kier alpha value is -0.610. The lowest BCUT2D eigenvalue weighted by Crippen LogP contribution is -2.52. The van der Waals surface area contributed by atoms with E-state index in [0.717, 1.165) is 6.54 Å². The molecular weight excluding hydrogens is 168 g/mol. The van der Waals surface area contributed by atoms with Gasteiger partial charge in [-0.1, -0.05) is 0 Å². The second-order valence-corrected chi connectivity index (χ2v) is 4.30. The number of carbonyl (C=O) groups excluding carboxylic acids is 1. The molecule has 0 aliphatic carbocycles. The molecule has 0 aromatic rings. The Balaban J connectivity index is 2.38. The van der Waals surface area contributed by atoms with E-state index >= 15 is 0 Å². The first-order chi connectivity index (χ1) is 5.99. The van der Waals surface area contributed by atoms with Gasteiger partial charge in [-0.25, -0.2) is 0 Å². The zero-order valence-corrected chi connectivity index (χ0v) is 8.52. The SMILES string of the molecule is CC(C)(C)NC(=O)[C@@H]1CNCCO1. The minimum atomic E-state index is -0.326. The zero-order valence-electron chi connectivity index (χ0n) is 8.52. The van der Waals surface area contributed by atoms with E-state index in [1.165, 1.54) is 0 Å². The number of hydrogen-bond acceptors (Lipinski definition) is 3. The third-order valence-electron chi connectivity index (χ3n) is 1.72. The summed E-state index contributed by atoms with van der Waals surface area (Å²) in [4.78, 5) is 11.5. The van der Waals surface area contributed by atoms with Crippen LogP contribution in [0, 0.1) is 0 Å². The van der Waals surface area contributed by atoms with E-state index in [1.54, 1.807) is 0 Å². The van der Waals surface area contributed by atoms with Crippen LogP contribution < -0.4 is 10.6 Å². The number of nitrogens with one attached hydrogen (secondary N) is 2. The number of carbonyl (C=O) groups is 1. The quantitative estimate of drug-likeness (QED) is 0.600. The van der Waals surface area contributed by atoms with E-state index in [0.29, 0.717) is 13.2 Å². The fourth-order valence-electron chi connectivity index (χ4n) is 1.18. The van der Waals surface area contributed by atoms with Gasteiger partial charge < -0.3 is 15.4 Å². The van der Waals surface area contributed by atoms with Crippen LogP contribution in [0.2, 0.25) is 0 Å². The summed E-state index contributed by atoms with van der Waals surface area (Å²) >= 11 is 0. The normalized spacial score (nSPS) is 24.1. The van der Waals surface area contributed by atoms with Crippen molar-refractivity contribution in [1.29, 1.82) is 0 Å². The van der Waals surface area contributed by atoms with Gasteiger partial charge in [0.05, 0.1) is 6.61 Å². The second-order valence-electron chi connectivity index (χ2n) is 4.30. The summed E-state index contributed by atoms with van der Waals surface area (Å²) in [5.41, 5.74) is -0.183. The summed E-state index contributed by atoms with van der Waals surface area (Å²) in [7, 11) is 0. The van der Waals surface area contributed by atoms with Crippen LogP contribution in [0.5, 0.6) is 0 Å². The highest BCUT2D eigenvalue weighted by atomic mass is 16.5. The number of rotatable bonds is 1. The minimum absolute atomic E-state index is 0.0281. The molecule has 4 nitrogen and oxygen atoms in total. The lowest BCUT2D eigenvalue weighted by Gasteiger charge is -2.27. The van der Waals surface area contributed by atoms with Crippen molar-refractivity contribution in [2.75, 3.05) is 19.7 Å². The molecule has 1 aliphatic heterocycles. The molecule has 76 valence electrons. The van der Waals surface area contributed by atoms with E-state index in [4.69, 9.17) is 4.74 Å². The van der Waals surface area contributed by atoms with Crippen molar-refractivity contribution in [1.82, 2.24) is 10.6 Å². The molecule has 1 rings (SSSR count). The molecule has 1 atom stereocenters. The largest absolute Gasteiger partial charge is 0.366 e. The molecule has 1 fully saturated rings. The molecule has 0 spiro atoms. The second kappa shape index (κ2) is 4.07. The molecule has 0 saturated carbocycles. The van der Waals surface area contributed by atoms with Gasteiger partial charge in [0.2, 0.25) is 0 Å². The van der Waals surface area contributed by atoms with Gasteiger partial charge in [-0.15, -0.1) is 0 Å². The molecule has 0 aromatic heterocycles. The Labute approximate surface area is 79.0 Å². The van der Waals surface area contributed by atoms with Gasteiger partial charge in [0, 0.05) is 18.6 Å². The maximum atomic E-state index is 11.5. The van der Waals surface area contributed by atoms with Crippen molar-refractivity contribution in [3.8, 4) is 0 Å². The van der Waals surface area contributed by atoms with Gasteiger partial charge in [0.25, 0.3) is 5.91 Å². The van der Waals surface area contributed by atoms with Crippen LogP contribution in [0.3, 0.4) is 0 Å². The summed E-state index contributed by atoms with van der Waals surface area (Å²) in [6.07, 6.45) is -0.326. The van der Waals surface area contributed by atoms with Crippen LogP contribution in [-0.2, 0) is 9.53 Å². The molecule has 0 unspecified atom stereocenters. The Morgan fingerprint density at radius 2 is 2.23 bits per heavy atom. The van der Waals surface area contributed by atoms with E-state index < -0.39 is 0 Å². The lowest BCUT2D eigenvalue weighted by molar-refractivity contribution is -0.135. The zero-order chi connectivity index (χ0) is 9.90. The number of amides is 1. The van der Waals surface area contributed by atoms with Crippen molar-refractivity contribution in [3.05, 3.63) is 0 Å². The predicted octanol–water partition coefficient (Wildman–Crippen LogP) is -0.111. The highest BCUT2D eigenvalue weighted by Gasteiger charge is 2.24. The van der Waals surface area contributed by atoms with E-state index in [9.17, 15) is 4.79 Å². The molecule has 0 aromatic carbocycles. The minimum Gasteiger partial charge on any atom is -0.366 e. The van der Waals surface area contributed by atoms with Crippen molar-refractivity contribution in [2.45, 2.75) is 32.4 Å². The first kappa shape index (κ1) is 10.5. The molecule has 1 amide bonds. The fourth-order valence-corrected chi connectivity index (χ4v) is 1.18. The molecular formula is C9H18N2O2. The van der Waals surface area contributed by atoms with Crippen LogP contribution in [0.4, 0.5) is 0 Å². The monoisotopic (exact) mass is 186 g/mol. The number of ether oxygens (including phenoxy) is 1. The predicted molar refractivity (Wildman–Crippen MR) is 50.5 cm³/mol. The van der Waals surface area contributed by atoms with Crippen molar-refractivity contribution >= 4 is 5.91 Å². The van der Waals surface area contributed by atoms with Gasteiger partial charge in [0.1, 0.15) is 6.10 Å². The van der Waals surface area contributed by atoms with Gasteiger partial charge in [-0.2, -0.15) is 0 Å². The van der Waals surface area contributed by atoms with Crippen molar-refractivity contribution in [2.24, 2.45) is 0 Å². The van der Waals surface area contributed by atoms with Crippen LogP contribution in [-0.4, -0.2) is 37.2 Å². The third-order valence-corrected chi connectivity index (χ3v) is 1.72. The number of morpholine rings is 1. The maximum Gasteiger partial charge on any atom is 0.250 e. The van der Waals surface area contributed by atoms with Crippen molar-refractivity contribution in [3.63, 3.8) is 0 Å². The smallest absolute Gasteiger partial charge is 0.250 e. The molecule has 0 bridgehead atoms. The summed E-state index contributed by atoms with van der Waals surface area (Å²) < 4.78 is 5.31. The summed E-state index contributed by atoms with van der Waals surface area (Å²) in [5, 5.41) is 6.00. The standard InChI is InChI=1S/C9H18N2O2/c1-9(2,3)11-8(12)7-6-10-4-5-13-7/h7,10H,4-6H2,1-3H3,(H,11,12)/t7-/m0/s1. The van der Waals surface area contributed by atoms with Gasteiger partial charge in [-0.05, 0) is 20.8 Å². The molecule has 2 N–H and O–H groups in total. The van der Waals surface area contributed by atoms with E-state index in [-0.39, 0.29) is 17.6 Å². The summed E-state index contributed by atoms with van der Waals surface area (Å²) in [5.74, 6) is -0.0281. The van der Waals surface area contributed by atoms with E-state index in [2.05, 4.69) is 10.6 Å². The Bertz CT molecular complexity index is 181. The summed E-state index contributed by atoms with van der Waals surface area (Å²) in [6, 6.07) is 0. The summed E-state index contributed by atoms with van der Waals surface area (Å²) in [6.45, 7) is 7.94. The van der Waals surface area contributed by atoms with Gasteiger partial charge in [-0.3, -0.25) is 4.79 Å². The van der Waals surface area contributed by atoms with Crippen molar-refractivity contribution < 1.29 is 9.53 Å². The first-order valence-corrected chi connectivity index (χ1v) is 4.63. The Kier molecular flexibility index (Phi) is 3.27. The van der Waals surface area contributed by atoms with Gasteiger partial charge in [0.15, 0.2) is 0 Å². The van der Waals surface area contributed by atoms with Crippen LogP contribution in [0.15, 0.2) is 0 Å². The van der Waals surface area contributed by atoms with Crippen LogP contribution >= 0.6 is 0 Å². The average Bonchev–Trinajstić information content (AvgIpc) is 2.03. The Morgan fingerprint density at radius 3 is 2.69 bits per heavy atom. The third kappa shape index (κ3) is 3.74. The topological polar surface area (TPSA) is 50.4 Å². The van der Waals surface area contributed by atoms with Crippen LogP contribution in [0.1, 0.15) is 20.8 Å². The average molecular weight is 186 g/mol. The molecule has 0 radical (unpaired) electrons. The number of hydrogen-bond donors (Lipinski definition) is 2. The van der Waals surface area contributed by atoms with Gasteiger partial charge >= 0.3 is 0 Å². The molecule has 1 aliphatic rings. The molecule has 1 saturated heterocycles. The van der Waals surface area contributed by atoms with E-state index in [1.807, 2.05) is 20.8 Å². The highest BCUT2D eigenvalue weighted by molar-refractivity contribution is 5.81. The Morgan fingerprint density at radius 1 is 1.54 bits per heavy atom. The highest BCUT2D eigenvalue weighted by Crippen LogP contribution is 2.02. The molecule has 4 heteroatoms. The molecule has 1 heterocycles. The van der Waals surface area contributed by atoms with Crippen LogP contribution in [0.25, 0.3) is 0 Å². The lowest BCUT2D eigenvalue weighted by atomic mass is 10.1.